The van der Waals surface area contributed by atoms with Gasteiger partial charge >= 0.3 is 0 Å². The number of fused-ring (bicyclic) bond motifs is 2. The molecule has 0 radical (unpaired) electrons. The maximum Gasteiger partial charge on any atom is 0.257 e. The van der Waals surface area contributed by atoms with Gasteiger partial charge in [-0.15, -0.1) is 11.3 Å². The summed E-state index contributed by atoms with van der Waals surface area (Å²) in [5, 5.41) is 3.95. The standard InChI is InChI=1S/C20H19N3O3S/c21-18(25)17-12-7-2-1-3-9-15(12)27-20(17)23-19(26)13-10-16(24)22-14-8-5-4-6-11(13)14/h4-6,8,10H,1-3,7,9H2,(H2,21,25)(H,22,24)(H,23,26). The van der Waals surface area contributed by atoms with Crippen LogP contribution in [0.3, 0.4) is 0 Å². The van der Waals surface area contributed by atoms with Crippen molar-refractivity contribution < 1.29 is 9.59 Å². The summed E-state index contributed by atoms with van der Waals surface area (Å²) >= 11 is 1.42. The number of amides is 2. The summed E-state index contributed by atoms with van der Waals surface area (Å²) < 4.78 is 0. The Morgan fingerprint density at radius 1 is 1.11 bits per heavy atom. The number of primary amides is 1. The summed E-state index contributed by atoms with van der Waals surface area (Å²) in [6.45, 7) is 0. The zero-order chi connectivity index (χ0) is 19.0. The van der Waals surface area contributed by atoms with Crippen molar-refractivity contribution in [1.29, 1.82) is 0 Å². The third kappa shape index (κ3) is 3.26. The van der Waals surface area contributed by atoms with Crippen LogP contribution in [-0.4, -0.2) is 16.8 Å². The van der Waals surface area contributed by atoms with Crippen molar-refractivity contribution in [1.82, 2.24) is 4.98 Å². The first-order valence-electron chi connectivity index (χ1n) is 8.92. The molecule has 0 atom stereocenters. The number of aryl methyl sites for hydroxylation is 1. The molecule has 1 aromatic carbocycles. The van der Waals surface area contributed by atoms with E-state index in [9.17, 15) is 14.4 Å². The first-order chi connectivity index (χ1) is 13.0. The van der Waals surface area contributed by atoms with Crippen LogP contribution in [0.5, 0.6) is 0 Å². The van der Waals surface area contributed by atoms with Gasteiger partial charge in [-0.3, -0.25) is 14.4 Å². The van der Waals surface area contributed by atoms with E-state index in [2.05, 4.69) is 10.3 Å². The fourth-order valence-electron chi connectivity index (χ4n) is 3.65. The molecule has 0 spiro atoms. The molecule has 6 nitrogen and oxygen atoms in total. The molecule has 138 valence electrons. The van der Waals surface area contributed by atoms with Crippen molar-refractivity contribution in [3.63, 3.8) is 0 Å². The highest BCUT2D eigenvalue weighted by atomic mass is 32.1. The van der Waals surface area contributed by atoms with E-state index in [0.717, 1.165) is 42.5 Å². The Hall–Kier alpha value is -2.93. The van der Waals surface area contributed by atoms with Gasteiger partial charge in [-0.1, -0.05) is 24.6 Å². The molecule has 0 fully saturated rings. The van der Waals surface area contributed by atoms with E-state index in [-0.39, 0.29) is 11.1 Å². The minimum Gasteiger partial charge on any atom is -0.365 e. The minimum atomic E-state index is -0.527. The molecule has 7 heteroatoms. The summed E-state index contributed by atoms with van der Waals surface area (Å²) in [5.41, 5.74) is 7.52. The highest BCUT2D eigenvalue weighted by Gasteiger charge is 2.25. The Labute approximate surface area is 159 Å². The normalized spacial score (nSPS) is 13.8. The van der Waals surface area contributed by atoms with Gasteiger partial charge in [-0.2, -0.15) is 0 Å². The summed E-state index contributed by atoms with van der Waals surface area (Å²) in [6, 6.07) is 8.40. The number of anilines is 1. The van der Waals surface area contributed by atoms with E-state index < -0.39 is 11.8 Å². The molecule has 2 amide bonds. The molecule has 4 N–H and O–H groups in total. The second-order valence-corrected chi connectivity index (χ2v) is 7.78. The van der Waals surface area contributed by atoms with E-state index in [1.807, 2.05) is 0 Å². The van der Waals surface area contributed by atoms with Crippen molar-refractivity contribution in [3.05, 3.63) is 62.3 Å². The molecule has 1 aliphatic carbocycles. The van der Waals surface area contributed by atoms with E-state index in [4.69, 9.17) is 5.73 Å². The smallest absolute Gasteiger partial charge is 0.257 e. The minimum absolute atomic E-state index is 0.272. The van der Waals surface area contributed by atoms with Crippen LogP contribution >= 0.6 is 11.3 Å². The van der Waals surface area contributed by atoms with Crippen LogP contribution in [-0.2, 0) is 12.8 Å². The van der Waals surface area contributed by atoms with Crippen molar-refractivity contribution in [2.24, 2.45) is 5.73 Å². The van der Waals surface area contributed by atoms with E-state index >= 15 is 0 Å². The highest BCUT2D eigenvalue weighted by molar-refractivity contribution is 7.17. The van der Waals surface area contributed by atoms with Gasteiger partial charge in [0.15, 0.2) is 0 Å². The monoisotopic (exact) mass is 381 g/mol. The third-order valence-corrected chi connectivity index (χ3v) is 6.10. The Bertz CT molecular complexity index is 1110. The molecule has 0 bridgehead atoms. The van der Waals surface area contributed by atoms with Crippen LogP contribution < -0.4 is 16.6 Å². The predicted molar refractivity (Wildman–Crippen MR) is 107 cm³/mol. The van der Waals surface area contributed by atoms with Gasteiger partial charge in [0.05, 0.1) is 11.1 Å². The first kappa shape index (κ1) is 17.5. The Kier molecular flexibility index (Phi) is 4.53. The van der Waals surface area contributed by atoms with Crippen molar-refractivity contribution in [2.45, 2.75) is 32.1 Å². The number of aromatic nitrogens is 1. The summed E-state index contributed by atoms with van der Waals surface area (Å²) in [4.78, 5) is 40.8. The molecule has 2 aromatic heterocycles. The maximum absolute atomic E-state index is 12.9. The molecule has 27 heavy (non-hydrogen) atoms. The van der Waals surface area contributed by atoms with Crippen LogP contribution in [0.2, 0.25) is 0 Å². The lowest BCUT2D eigenvalue weighted by Gasteiger charge is -2.08. The SMILES string of the molecule is NC(=O)c1c(NC(=O)c2cc(=O)[nH]c3ccccc23)sc2c1CCCCC2. The van der Waals surface area contributed by atoms with Crippen molar-refractivity contribution in [2.75, 3.05) is 5.32 Å². The second-order valence-electron chi connectivity index (χ2n) is 6.68. The number of hydrogen-bond acceptors (Lipinski definition) is 4. The number of thiophene rings is 1. The van der Waals surface area contributed by atoms with Crippen LogP contribution in [0.15, 0.2) is 35.1 Å². The molecule has 2 heterocycles. The van der Waals surface area contributed by atoms with Crippen LogP contribution in [0, 0.1) is 0 Å². The highest BCUT2D eigenvalue weighted by Crippen LogP contribution is 2.37. The number of carbonyl (C=O) groups is 2. The Morgan fingerprint density at radius 2 is 1.89 bits per heavy atom. The molecule has 3 aromatic rings. The van der Waals surface area contributed by atoms with E-state index in [1.54, 1.807) is 24.3 Å². The topological polar surface area (TPSA) is 105 Å². The molecule has 0 saturated heterocycles. The molecule has 0 aliphatic heterocycles. The lowest BCUT2D eigenvalue weighted by molar-refractivity contribution is 0.100. The predicted octanol–water partition coefficient (Wildman–Crippen LogP) is 3.21. The van der Waals surface area contributed by atoms with E-state index in [0.29, 0.717) is 21.5 Å². The molecule has 0 saturated carbocycles. The van der Waals surface area contributed by atoms with Gasteiger partial charge in [0, 0.05) is 21.8 Å². The number of H-pyrrole nitrogens is 1. The number of nitrogens with one attached hydrogen (secondary N) is 2. The number of benzene rings is 1. The van der Waals surface area contributed by atoms with Crippen LogP contribution in [0.25, 0.3) is 10.9 Å². The second kappa shape index (κ2) is 7.00. The quantitative estimate of drug-likeness (QED) is 0.607. The Morgan fingerprint density at radius 3 is 2.70 bits per heavy atom. The van der Waals surface area contributed by atoms with Gasteiger partial charge in [-0.05, 0) is 37.3 Å². The molecule has 4 rings (SSSR count). The molecular formula is C20H19N3O3S. The number of hydrogen-bond donors (Lipinski definition) is 3. The average Bonchev–Trinajstić information content (AvgIpc) is 2.82. The number of pyridine rings is 1. The van der Waals surface area contributed by atoms with Crippen molar-refractivity contribution in [3.8, 4) is 0 Å². The fraction of sp³-hybridized carbons (Fsp3) is 0.250. The Balaban J connectivity index is 1.76. The van der Waals surface area contributed by atoms with Gasteiger partial charge in [0.2, 0.25) is 5.56 Å². The molecule has 0 unspecified atom stereocenters. The van der Waals surface area contributed by atoms with Gasteiger partial charge in [0.1, 0.15) is 5.00 Å². The average molecular weight is 381 g/mol. The number of nitrogens with two attached hydrogens (primary N) is 1. The van der Waals surface area contributed by atoms with Crippen LogP contribution in [0.4, 0.5) is 5.00 Å². The molecular weight excluding hydrogens is 362 g/mol. The summed E-state index contributed by atoms with van der Waals surface area (Å²) in [5.74, 6) is -0.948. The van der Waals surface area contributed by atoms with Crippen molar-refractivity contribution >= 4 is 39.1 Å². The lowest BCUT2D eigenvalue weighted by atomic mass is 10.0. The largest absolute Gasteiger partial charge is 0.365 e. The summed E-state index contributed by atoms with van der Waals surface area (Å²) in [7, 11) is 0. The summed E-state index contributed by atoms with van der Waals surface area (Å²) in [6.07, 6.45) is 4.89. The fourth-order valence-corrected chi connectivity index (χ4v) is 4.94. The third-order valence-electron chi connectivity index (χ3n) is 4.89. The zero-order valence-electron chi connectivity index (χ0n) is 14.6. The van der Waals surface area contributed by atoms with Gasteiger partial charge < -0.3 is 16.0 Å². The molecule has 1 aliphatic rings. The van der Waals surface area contributed by atoms with Gasteiger partial charge in [-0.25, -0.2) is 0 Å². The number of para-hydroxylation sites is 1. The maximum atomic E-state index is 12.9. The number of rotatable bonds is 3. The van der Waals surface area contributed by atoms with E-state index in [1.165, 1.54) is 17.4 Å². The zero-order valence-corrected chi connectivity index (χ0v) is 15.4. The van der Waals surface area contributed by atoms with Gasteiger partial charge in [0.25, 0.3) is 11.8 Å². The van der Waals surface area contributed by atoms with Crippen LogP contribution in [0.1, 0.15) is 50.4 Å². The number of carbonyl (C=O) groups excluding carboxylic acids is 2. The lowest BCUT2D eigenvalue weighted by Crippen LogP contribution is -2.19. The first-order valence-corrected chi connectivity index (χ1v) is 9.74. The number of aromatic amines is 1.